The largest absolute Gasteiger partial charge is 0.369 e. The minimum absolute atomic E-state index is 0.0460. The van der Waals surface area contributed by atoms with Crippen molar-refractivity contribution in [3.05, 3.63) is 24.3 Å². The average Bonchev–Trinajstić information content (AvgIpc) is 2.62. The van der Waals surface area contributed by atoms with Crippen molar-refractivity contribution >= 4 is 29.1 Å². The number of hydrogen-bond acceptors (Lipinski definition) is 4. The second-order valence-corrected chi connectivity index (χ2v) is 7.07. The molecular formula is C19H26N4O3. The van der Waals surface area contributed by atoms with E-state index in [9.17, 15) is 14.4 Å². The summed E-state index contributed by atoms with van der Waals surface area (Å²) in [5, 5.41) is 9.11. The Balaban J connectivity index is 1.68. The van der Waals surface area contributed by atoms with E-state index < -0.39 is 11.6 Å². The summed E-state index contributed by atoms with van der Waals surface area (Å²) < 4.78 is 0. The van der Waals surface area contributed by atoms with Crippen molar-refractivity contribution in [2.75, 3.05) is 23.7 Å². The third-order valence-electron chi connectivity index (χ3n) is 5.17. The molecule has 3 N–H and O–H groups in total. The van der Waals surface area contributed by atoms with Gasteiger partial charge in [-0.1, -0.05) is 25.5 Å². The van der Waals surface area contributed by atoms with Crippen molar-refractivity contribution in [2.24, 2.45) is 0 Å². The fourth-order valence-electron chi connectivity index (χ4n) is 3.73. The van der Waals surface area contributed by atoms with Crippen LogP contribution in [0.5, 0.6) is 0 Å². The van der Waals surface area contributed by atoms with E-state index in [2.05, 4.69) is 16.0 Å². The molecule has 0 unspecified atom stereocenters. The Hall–Kier alpha value is -2.57. The van der Waals surface area contributed by atoms with Crippen LogP contribution in [0.15, 0.2) is 24.3 Å². The molecule has 0 bridgehead atoms. The number of para-hydroxylation sites is 2. The fraction of sp³-hybridized carbons (Fsp3) is 0.526. The summed E-state index contributed by atoms with van der Waals surface area (Å²) in [6.07, 6.45) is 2.51. The van der Waals surface area contributed by atoms with E-state index in [1.807, 2.05) is 31.2 Å². The van der Waals surface area contributed by atoms with Gasteiger partial charge < -0.3 is 20.9 Å². The van der Waals surface area contributed by atoms with Gasteiger partial charge >= 0.3 is 0 Å². The zero-order chi connectivity index (χ0) is 18.7. The molecule has 1 aromatic carbocycles. The summed E-state index contributed by atoms with van der Waals surface area (Å²) in [7, 11) is 0. The maximum Gasteiger partial charge on any atom is 0.250 e. The van der Waals surface area contributed by atoms with Gasteiger partial charge in [-0.05, 0) is 31.4 Å². The molecule has 1 spiro atoms. The van der Waals surface area contributed by atoms with Crippen LogP contribution in [-0.4, -0.2) is 47.3 Å². The quantitative estimate of drug-likeness (QED) is 0.764. The molecule has 7 nitrogen and oxygen atoms in total. The number of rotatable bonds is 4. The molecule has 2 aliphatic heterocycles. The van der Waals surface area contributed by atoms with Crippen LogP contribution in [0.2, 0.25) is 0 Å². The monoisotopic (exact) mass is 358 g/mol. The molecule has 1 fully saturated rings. The highest BCUT2D eigenvalue weighted by Gasteiger charge is 2.45. The molecule has 0 aromatic heterocycles. The lowest BCUT2D eigenvalue weighted by Crippen LogP contribution is -2.60. The third-order valence-corrected chi connectivity index (χ3v) is 5.17. The number of fused-ring (bicyclic) bond motifs is 1. The Morgan fingerprint density at radius 2 is 1.88 bits per heavy atom. The SMILES string of the molecule is CCC[C@@H](NC(C)=O)C(=O)N1CCC2(CC1)Nc1ccccc1NC2=O. The first-order valence-electron chi connectivity index (χ1n) is 9.20. The van der Waals surface area contributed by atoms with Gasteiger partial charge in [0.1, 0.15) is 11.6 Å². The first kappa shape index (κ1) is 18.2. The van der Waals surface area contributed by atoms with E-state index in [4.69, 9.17) is 0 Å². The molecule has 3 rings (SSSR count). The van der Waals surface area contributed by atoms with Crippen molar-refractivity contribution in [1.82, 2.24) is 10.2 Å². The molecule has 3 amide bonds. The number of hydrogen-bond donors (Lipinski definition) is 3. The average molecular weight is 358 g/mol. The first-order valence-corrected chi connectivity index (χ1v) is 9.20. The summed E-state index contributed by atoms with van der Waals surface area (Å²) >= 11 is 0. The molecule has 2 aliphatic rings. The van der Waals surface area contributed by atoms with Crippen molar-refractivity contribution in [1.29, 1.82) is 0 Å². The molecule has 0 saturated carbocycles. The zero-order valence-electron chi connectivity index (χ0n) is 15.3. The molecular weight excluding hydrogens is 332 g/mol. The van der Waals surface area contributed by atoms with E-state index in [1.54, 1.807) is 4.90 Å². The van der Waals surface area contributed by atoms with Crippen LogP contribution in [-0.2, 0) is 14.4 Å². The van der Waals surface area contributed by atoms with Gasteiger partial charge in [0.05, 0.1) is 11.4 Å². The minimum Gasteiger partial charge on any atom is -0.369 e. The maximum absolute atomic E-state index is 12.8. The van der Waals surface area contributed by atoms with Crippen LogP contribution in [0.3, 0.4) is 0 Å². The highest BCUT2D eigenvalue weighted by molar-refractivity contribution is 6.06. The van der Waals surface area contributed by atoms with E-state index in [1.165, 1.54) is 6.92 Å². The Labute approximate surface area is 153 Å². The van der Waals surface area contributed by atoms with E-state index in [0.29, 0.717) is 32.4 Å². The van der Waals surface area contributed by atoms with Crippen molar-refractivity contribution < 1.29 is 14.4 Å². The summed E-state index contributed by atoms with van der Waals surface area (Å²) in [5.41, 5.74) is 1.02. The number of carbonyl (C=O) groups excluding carboxylic acids is 3. The Morgan fingerprint density at radius 3 is 2.50 bits per heavy atom. The summed E-state index contributed by atoms with van der Waals surface area (Å²) in [6, 6.07) is 7.14. The van der Waals surface area contributed by atoms with Gasteiger partial charge in [0.2, 0.25) is 17.7 Å². The zero-order valence-corrected chi connectivity index (χ0v) is 15.3. The summed E-state index contributed by atoms with van der Waals surface area (Å²) in [4.78, 5) is 38.6. The lowest BCUT2D eigenvalue weighted by molar-refractivity contribution is -0.138. The van der Waals surface area contributed by atoms with Crippen LogP contribution in [0.4, 0.5) is 11.4 Å². The molecule has 1 atom stereocenters. The second kappa shape index (κ2) is 7.35. The molecule has 1 aromatic rings. The van der Waals surface area contributed by atoms with Crippen molar-refractivity contribution in [2.45, 2.75) is 51.1 Å². The van der Waals surface area contributed by atoms with Crippen LogP contribution in [0.25, 0.3) is 0 Å². The molecule has 2 heterocycles. The maximum atomic E-state index is 12.8. The van der Waals surface area contributed by atoms with Crippen LogP contribution >= 0.6 is 0 Å². The number of amides is 3. The number of benzene rings is 1. The Morgan fingerprint density at radius 1 is 1.23 bits per heavy atom. The van der Waals surface area contributed by atoms with Gasteiger partial charge in [0.25, 0.3) is 0 Å². The molecule has 140 valence electrons. The topological polar surface area (TPSA) is 90.5 Å². The van der Waals surface area contributed by atoms with Gasteiger partial charge in [-0.15, -0.1) is 0 Å². The van der Waals surface area contributed by atoms with E-state index in [-0.39, 0.29) is 17.7 Å². The number of likely N-dealkylation sites (tertiary alicyclic amines) is 1. The number of nitrogens with zero attached hydrogens (tertiary/aromatic N) is 1. The molecule has 7 heteroatoms. The van der Waals surface area contributed by atoms with Crippen molar-refractivity contribution in [3.8, 4) is 0 Å². The van der Waals surface area contributed by atoms with Gasteiger partial charge in [0, 0.05) is 20.0 Å². The first-order chi connectivity index (χ1) is 12.4. The minimum atomic E-state index is -0.681. The van der Waals surface area contributed by atoms with Gasteiger partial charge in [-0.3, -0.25) is 14.4 Å². The number of piperidine rings is 1. The third kappa shape index (κ3) is 3.52. The lowest BCUT2D eigenvalue weighted by atomic mass is 9.84. The molecule has 0 aliphatic carbocycles. The lowest BCUT2D eigenvalue weighted by Gasteiger charge is -2.44. The number of carbonyl (C=O) groups is 3. The predicted molar refractivity (Wildman–Crippen MR) is 99.8 cm³/mol. The van der Waals surface area contributed by atoms with Crippen LogP contribution in [0, 0.1) is 0 Å². The fourth-order valence-corrected chi connectivity index (χ4v) is 3.73. The predicted octanol–water partition coefficient (Wildman–Crippen LogP) is 1.72. The van der Waals surface area contributed by atoms with Gasteiger partial charge in [-0.25, -0.2) is 0 Å². The molecule has 26 heavy (non-hydrogen) atoms. The summed E-state index contributed by atoms with van der Waals surface area (Å²) in [5.74, 6) is -0.306. The standard InChI is InChI=1S/C19H26N4O3/c1-3-6-16(20-13(2)24)17(25)23-11-9-19(10-12-23)18(26)21-14-7-4-5-8-15(14)22-19/h4-5,7-8,16,22H,3,6,9-12H2,1-2H3,(H,20,24)(H,21,26)/t16-/m1/s1. The number of anilines is 2. The smallest absolute Gasteiger partial charge is 0.250 e. The molecule has 1 saturated heterocycles. The second-order valence-electron chi connectivity index (χ2n) is 7.07. The highest BCUT2D eigenvalue weighted by Crippen LogP contribution is 2.36. The van der Waals surface area contributed by atoms with Gasteiger partial charge in [-0.2, -0.15) is 0 Å². The summed E-state index contributed by atoms with van der Waals surface area (Å²) in [6.45, 7) is 4.39. The highest BCUT2D eigenvalue weighted by atomic mass is 16.2. The van der Waals surface area contributed by atoms with Crippen LogP contribution < -0.4 is 16.0 Å². The van der Waals surface area contributed by atoms with E-state index in [0.717, 1.165) is 17.8 Å². The number of nitrogens with one attached hydrogen (secondary N) is 3. The van der Waals surface area contributed by atoms with E-state index >= 15 is 0 Å². The Kier molecular flexibility index (Phi) is 5.15. The van der Waals surface area contributed by atoms with Gasteiger partial charge in [0.15, 0.2) is 0 Å². The Bertz CT molecular complexity index is 710. The molecule has 0 radical (unpaired) electrons. The normalized spacial score (nSPS) is 19.2. The van der Waals surface area contributed by atoms with Crippen molar-refractivity contribution in [3.63, 3.8) is 0 Å². The van der Waals surface area contributed by atoms with Crippen LogP contribution in [0.1, 0.15) is 39.5 Å².